The smallest absolute Gasteiger partial charge is 0.251 e. The van der Waals surface area contributed by atoms with Crippen molar-refractivity contribution in [1.82, 2.24) is 5.32 Å². The van der Waals surface area contributed by atoms with E-state index in [1.165, 1.54) is 0 Å². The second-order valence-electron chi connectivity index (χ2n) is 5.62. The number of hydrogen-bond acceptors (Lipinski definition) is 5. The average molecular weight is 340 g/mol. The van der Waals surface area contributed by atoms with Gasteiger partial charge in [-0.2, -0.15) is 0 Å². The molecule has 1 heterocycles. The molecule has 0 spiro atoms. The molecule has 0 saturated carbocycles. The van der Waals surface area contributed by atoms with Crippen molar-refractivity contribution >= 4 is 11.6 Å². The number of nitrogens with one attached hydrogen (secondary N) is 2. The van der Waals surface area contributed by atoms with Crippen LogP contribution in [0.15, 0.2) is 64.5 Å². The van der Waals surface area contributed by atoms with E-state index in [9.17, 15) is 4.79 Å². The molecule has 6 N–H and O–H groups in total. The quantitative estimate of drug-likeness (QED) is 0.580. The van der Waals surface area contributed by atoms with E-state index >= 15 is 0 Å². The molecule has 0 aliphatic carbocycles. The minimum Gasteiger partial charge on any atom is -0.465 e. The molecule has 0 bridgehead atoms. The SMILES string of the molecule is CC/C(N)=C/C=C(\N)Nc1cccc(C(=O)NCc2ccc(C)o2)c1. The van der Waals surface area contributed by atoms with E-state index in [0.29, 0.717) is 23.7 Å². The first-order valence-corrected chi connectivity index (χ1v) is 8.10. The number of aryl methyl sites for hydroxylation is 1. The molecule has 0 radical (unpaired) electrons. The molecular weight excluding hydrogens is 316 g/mol. The van der Waals surface area contributed by atoms with Crippen LogP contribution in [0, 0.1) is 6.92 Å². The Balaban J connectivity index is 1.98. The highest BCUT2D eigenvalue weighted by molar-refractivity contribution is 5.95. The molecule has 1 amide bonds. The first-order valence-electron chi connectivity index (χ1n) is 8.10. The normalized spacial score (nSPS) is 12.1. The highest BCUT2D eigenvalue weighted by atomic mass is 16.3. The van der Waals surface area contributed by atoms with E-state index in [4.69, 9.17) is 15.9 Å². The maximum atomic E-state index is 12.3. The van der Waals surface area contributed by atoms with Gasteiger partial charge < -0.3 is 26.5 Å². The molecule has 0 aliphatic heterocycles. The van der Waals surface area contributed by atoms with Crippen LogP contribution in [0.1, 0.15) is 35.2 Å². The van der Waals surface area contributed by atoms with Gasteiger partial charge in [0.1, 0.15) is 17.3 Å². The molecular formula is C19H24N4O2. The number of benzene rings is 1. The molecule has 1 aromatic heterocycles. The van der Waals surface area contributed by atoms with Crippen LogP contribution >= 0.6 is 0 Å². The van der Waals surface area contributed by atoms with Crippen molar-refractivity contribution in [1.29, 1.82) is 0 Å². The summed E-state index contributed by atoms with van der Waals surface area (Å²) >= 11 is 0. The maximum Gasteiger partial charge on any atom is 0.251 e. The van der Waals surface area contributed by atoms with Gasteiger partial charge in [-0.1, -0.05) is 13.0 Å². The fourth-order valence-electron chi connectivity index (χ4n) is 2.11. The molecule has 0 fully saturated rings. The number of carbonyl (C=O) groups is 1. The average Bonchev–Trinajstić information content (AvgIpc) is 3.03. The summed E-state index contributed by atoms with van der Waals surface area (Å²) < 4.78 is 5.43. The van der Waals surface area contributed by atoms with Crippen LogP contribution in [0.4, 0.5) is 5.69 Å². The van der Waals surface area contributed by atoms with Crippen molar-refractivity contribution in [2.24, 2.45) is 11.5 Å². The lowest BCUT2D eigenvalue weighted by Crippen LogP contribution is -2.22. The molecule has 25 heavy (non-hydrogen) atoms. The van der Waals surface area contributed by atoms with E-state index in [1.54, 1.807) is 30.4 Å². The largest absolute Gasteiger partial charge is 0.465 e. The number of hydrogen-bond donors (Lipinski definition) is 4. The van der Waals surface area contributed by atoms with E-state index in [-0.39, 0.29) is 5.91 Å². The first kappa shape index (κ1) is 18.2. The summed E-state index contributed by atoms with van der Waals surface area (Å²) in [5.41, 5.74) is 13.6. The third kappa shape index (κ3) is 5.76. The summed E-state index contributed by atoms with van der Waals surface area (Å²) in [5, 5.41) is 5.86. The molecule has 1 aromatic carbocycles. The molecule has 6 heteroatoms. The van der Waals surface area contributed by atoms with Crippen LogP contribution in [0.25, 0.3) is 0 Å². The van der Waals surface area contributed by atoms with Gasteiger partial charge in [-0.25, -0.2) is 0 Å². The Kier molecular flexibility index (Phi) is 6.28. The Morgan fingerprint density at radius 3 is 2.68 bits per heavy atom. The van der Waals surface area contributed by atoms with Crippen molar-refractivity contribution < 1.29 is 9.21 Å². The molecule has 2 aromatic rings. The number of nitrogens with two attached hydrogens (primary N) is 2. The summed E-state index contributed by atoms with van der Waals surface area (Å²) in [5.74, 6) is 1.79. The molecule has 0 aliphatic rings. The second kappa shape index (κ2) is 8.63. The summed E-state index contributed by atoms with van der Waals surface area (Å²) in [7, 11) is 0. The van der Waals surface area contributed by atoms with Gasteiger partial charge in [0.05, 0.1) is 6.54 Å². The predicted molar refractivity (Wildman–Crippen MR) is 99.5 cm³/mol. The van der Waals surface area contributed by atoms with Gasteiger partial charge in [0, 0.05) is 16.9 Å². The van der Waals surface area contributed by atoms with Crippen LogP contribution in [0.5, 0.6) is 0 Å². The summed E-state index contributed by atoms with van der Waals surface area (Å²) in [6.45, 7) is 4.17. The van der Waals surface area contributed by atoms with Gasteiger partial charge in [0.15, 0.2) is 0 Å². The Hall–Kier alpha value is -3.15. The van der Waals surface area contributed by atoms with Gasteiger partial charge in [-0.05, 0) is 55.8 Å². The fraction of sp³-hybridized carbons (Fsp3) is 0.211. The zero-order chi connectivity index (χ0) is 18.2. The van der Waals surface area contributed by atoms with Crippen LogP contribution in [-0.4, -0.2) is 5.91 Å². The molecule has 0 atom stereocenters. The lowest BCUT2D eigenvalue weighted by molar-refractivity contribution is 0.0948. The van der Waals surface area contributed by atoms with E-state index in [1.807, 2.05) is 32.0 Å². The van der Waals surface area contributed by atoms with Crippen molar-refractivity contribution in [3.8, 4) is 0 Å². The Morgan fingerprint density at radius 1 is 1.20 bits per heavy atom. The van der Waals surface area contributed by atoms with Crippen LogP contribution in [0.2, 0.25) is 0 Å². The molecule has 6 nitrogen and oxygen atoms in total. The van der Waals surface area contributed by atoms with Gasteiger partial charge in [-0.15, -0.1) is 0 Å². The van der Waals surface area contributed by atoms with Crippen molar-refractivity contribution in [3.05, 3.63) is 77.2 Å². The topological polar surface area (TPSA) is 106 Å². The number of furan rings is 1. The zero-order valence-corrected chi connectivity index (χ0v) is 14.5. The third-order valence-electron chi connectivity index (χ3n) is 3.52. The van der Waals surface area contributed by atoms with Gasteiger partial charge >= 0.3 is 0 Å². The number of amides is 1. The predicted octanol–water partition coefficient (Wildman–Crippen LogP) is 2.98. The van der Waals surface area contributed by atoms with Crippen molar-refractivity contribution in [3.63, 3.8) is 0 Å². The minimum absolute atomic E-state index is 0.185. The van der Waals surface area contributed by atoms with Gasteiger partial charge in [-0.3, -0.25) is 4.79 Å². The summed E-state index contributed by atoms with van der Waals surface area (Å²) in [6.07, 6.45) is 4.21. The molecule has 0 saturated heterocycles. The second-order valence-corrected chi connectivity index (χ2v) is 5.62. The maximum absolute atomic E-state index is 12.3. The van der Waals surface area contributed by atoms with Gasteiger partial charge in [0.25, 0.3) is 5.91 Å². The van der Waals surface area contributed by atoms with E-state index < -0.39 is 0 Å². The summed E-state index contributed by atoms with van der Waals surface area (Å²) in [4.78, 5) is 12.3. The molecule has 132 valence electrons. The third-order valence-corrected chi connectivity index (χ3v) is 3.52. The number of rotatable bonds is 7. The van der Waals surface area contributed by atoms with E-state index in [0.717, 1.165) is 23.6 Å². The van der Waals surface area contributed by atoms with Crippen molar-refractivity contribution in [2.45, 2.75) is 26.8 Å². The molecule has 2 rings (SSSR count). The number of carbonyl (C=O) groups excluding carboxylic acids is 1. The Bertz CT molecular complexity index is 790. The highest BCUT2D eigenvalue weighted by Gasteiger charge is 2.07. The van der Waals surface area contributed by atoms with Crippen LogP contribution < -0.4 is 22.1 Å². The number of anilines is 1. The lowest BCUT2D eigenvalue weighted by Gasteiger charge is -2.08. The highest BCUT2D eigenvalue weighted by Crippen LogP contribution is 2.13. The lowest BCUT2D eigenvalue weighted by atomic mass is 10.2. The van der Waals surface area contributed by atoms with Crippen LogP contribution in [0.3, 0.4) is 0 Å². The zero-order valence-electron chi connectivity index (χ0n) is 14.5. The number of allylic oxidation sites excluding steroid dienone is 3. The first-order chi connectivity index (χ1) is 12.0. The van der Waals surface area contributed by atoms with E-state index in [2.05, 4.69) is 10.6 Å². The fourth-order valence-corrected chi connectivity index (χ4v) is 2.11. The van der Waals surface area contributed by atoms with Gasteiger partial charge in [0.2, 0.25) is 0 Å². The Labute approximate surface area is 147 Å². The van der Waals surface area contributed by atoms with Crippen molar-refractivity contribution in [2.75, 3.05) is 5.32 Å². The Morgan fingerprint density at radius 2 is 2.00 bits per heavy atom. The summed E-state index contributed by atoms with van der Waals surface area (Å²) in [6, 6.07) is 10.8. The monoisotopic (exact) mass is 340 g/mol. The van der Waals surface area contributed by atoms with Crippen LogP contribution in [-0.2, 0) is 6.54 Å². The standard InChI is InChI=1S/C19H24N4O2/c1-3-15(20)8-10-18(21)23-16-6-4-5-14(11-16)19(24)22-12-17-9-7-13(2)25-17/h4-11,23H,3,12,20-21H2,1-2H3,(H,22,24)/b15-8-,18-10+. The minimum atomic E-state index is -0.185. The molecule has 0 unspecified atom stereocenters.